The van der Waals surface area contributed by atoms with Crippen LogP contribution in [0.1, 0.15) is 28.2 Å². The minimum Gasteiger partial charge on any atom is -0.395 e. The van der Waals surface area contributed by atoms with E-state index in [4.69, 9.17) is 22.0 Å². The normalized spacial score (nSPS) is 13.2. The van der Waals surface area contributed by atoms with Gasteiger partial charge in [-0.1, -0.05) is 0 Å². The van der Waals surface area contributed by atoms with Crippen molar-refractivity contribution in [3.63, 3.8) is 0 Å². The Morgan fingerprint density at radius 2 is 2.35 bits per heavy atom. The molecule has 1 heterocycles. The Bertz CT molecular complexity index is 504. The number of carbonyl (C=O) groups excluding carboxylic acids is 1. The number of aryl methyl sites for hydroxylation is 1. The lowest BCUT2D eigenvalue weighted by Gasteiger charge is -2.11. The van der Waals surface area contributed by atoms with E-state index in [1.807, 2.05) is 0 Å². The van der Waals surface area contributed by atoms with E-state index in [9.17, 15) is 4.79 Å². The number of primary amides is 1. The van der Waals surface area contributed by atoms with Crippen molar-refractivity contribution in [2.24, 2.45) is 16.5 Å². The lowest BCUT2D eigenvalue weighted by atomic mass is 10.1. The number of aliphatic hydroxyl groups excluding tert-OH is 1. The summed E-state index contributed by atoms with van der Waals surface area (Å²) in [4.78, 5) is 18.0. The summed E-state index contributed by atoms with van der Waals surface area (Å²) < 4.78 is 0. The number of aromatic nitrogens is 1. The predicted molar refractivity (Wildman–Crippen MR) is 77.1 cm³/mol. The van der Waals surface area contributed by atoms with Crippen molar-refractivity contribution in [1.29, 1.82) is 5.41 Å². The zero-order valence-corrected chi connectivity index (χ0v) is 11.3. The Balaban J connectivity index is 2.95. The molecule has 1 rings (SSSR count). The molecule has 8 nitrogen and oxygen atoms in total. The van der Waals surface area contributed by atoms with Gasteiger partial charge in [0.1, 0.15) is 12.2 Å². The quantitative estimate of drug-likeness (QED) is 0.265. The zero-order valence-electron chi connectivity index (χ0n) is 11.3. The topological polar surface area (TPSA) is 153 Å². The zero-order chi connectivity index (χ0) is 15.1. The van der Waals surface area contributed by atoms with Gasteiger partial charge >= 0.3 is 0 Å². The first-order valence-corrected chi connectivity index (χ1v) is 6.15. The molecule has 0 bridgehead atoms. The number of aliphatic hydroxyl groups is 1. The van der Waals surface area contributed by atoms with Crippen molar-refractivity contribution >= 4 is 18.1 Å². The number of H-pyrrole nitrogens is 1. The Kier molecular flexibility index (Phi) is 5.88. The van der Waals surface area contributed by atoms with E-state index in [-0.39, 0.29) is 24.0 Å². The van der Waals surface area contributed by atoms with Gasteiger partial charge in [0.2, 0.25) is 0 Å². The highest BCUT2D eigenvalue weighted by Crippen LogP contribution is 2.13. The molecule has 1 aromatic heterocycles. The number of nitrogens with two attached hydrogens (primary N) is 2. The minimum atomic E-state index is -0.613. The number of amides is 1. The third-order valence-corrected chi connectivity index (χ3v) is 2.99. The van der Waals surface area contributed by atoms with Crippen LogP contribution in [0.15, 0.2) is 11.1 Å². The molecule has 0 aliphatic carbocycles. The van der Waals surface area contributed by atoms with Gasteiger partial charge in [-0.3, -0.25) is 10.2 Å². The fourth-order valence-electron chi connectivity index (χ4n) is 1.83. The summed E-state index contributed by atoms with van der Waals surface area (Å²) in [6.07, 6.45) is 2.10. The van der Waals surface area contributed by atoms with Crippen molar-refractivity contribution in [2.45, 2.75) is 18.9 Å². The molecule has 110 valence electrons. The summed E-state index contributed by atoms with van der Waals surface area (Å²) in [5, 5.41) is 19.0. The van der Waals surface area contributed by atoms with Crippen molar-refractivity contribution in [3.05, 3.63) is 23.0 Å². The fourth-order valence-corrected chi connectivity index (χ4v) is 1.83. The summed E-state index contributed by atoms with van der Waals surface area (Å²) >= 11 is 0. The Morgan fingerprint density at radius 3 is 2.85 bits per heavy atom. The molecule has 0 saturated carbocycles. The fraction of sp³-hybridized carbons (Fsp3) is 0.417. The standard InChI is InChI=1S/C12H20N6O2/c1-16-8(5-19)3-2-7-4-9(12(15)20)10(18-7)11(14)17-6-13/h4,6,8,16,18-19H,2-3,5H2,1H3,(H2,15,20)(H3,13,14,17)/t8-/m0/s1. The van der Waals surface area contributed by atoms with E-state index in [0.29, 0.717) is 18.5 Å². The summed E-state index contributed by atoms with van der Waals surface area (Å²) in [6, 6.07) is 1.60. The summed E-state index contributed by atoms with van der Waals surface area (Å²) in [5.41, 5.74) is 12.3. The molecule has 0 saturated heterocycles. The third-order valence-electron chi connectivity index (χ3n) is 2.99. The molecule has 0 aliphatic rings. The SMILES string of the molecule is CN[C@H](CO)CCc1cc(C(N)=O)c(/C(N)=N\C=N)[nH]1. The van der Waals surface area contributed by atoms with Gasteiger partial charge < -0.3 is 26.9 Å². The number of aliphatic imine (C=N–C) groups is 1. The summed E-state index contributed by atoms with van der Waals surface area (Å²) in [7, 11) is 1.77. The molecule has 20 heavy (non-hydrogen) atoms. The van der Waals surface area contributed by atoms with E-state index in [0.717, 1.165) is 12.0 Å². The average Bonchev–Trinajstić information content (AvgIpc) is 2.85. The molecule has 1 atom stereocenters. The second kappa shape index (κ2) is 7.41. The van der Waals surface area contributed by atoms with Crippen LogP contribution in [0.4, 0.5) is 0 Å². The highest BCUT2D eigenvalue weighted by Gasteiger charge is 2.16. The minimum absolute atomic E-state index is 0.0219. The molecule has 8 N–H and O–H groups in total. The van der Waals surface area contributed by atoms with E-state index in [1.54, 1.807) is 13.1 Å². The van der Waals surface area contributed by atoms with Gasteiger partial charge in [-0.25, -0.2) is 4.99 Å². The van der Waals surface area contributed by atoms with E-state index in [1.165, 1.54) is 0 Å². The molecule has 1 amide bonds. The number of aromatic amines is 1. The van der Waals surface area contributed by atoms with Crippen LogP contribution in [-0.4, -0.2) is 47.9 Å². The maximum atomic E-state index is 11.4. The van der Waals surface area contributed by atoms with Crippen molar-refractivity contribution < 1.29 is 9.90 Å². The second-order valence-electron chi connectivity index (χ2n) is 4.30. The number of hydrogen-bond acceptors (Lipinski definition) is 4. The molecule has 0 aromatic carbocycles. The number of nitrogens with one attached hydrogen (secondary N) is 3. The average molecular weight is 280 g/mol. The van der Waals surface area contributed by atoms with Crippen LogP contribution in [0.2, 0.25) is 0 Å². The maximum Gasteiger partial charge on any atom is 0.251 e. The molecule has 0 radical (unpaired) electrons. The third kappa shape index (κ3) is 3.90. The van der Waals surface area contributed by atoms with Gasteiger partial charge in [0.15, 0.2) is 0 Å². The van der Waals surface area contributed by atoms with Gasteiger partial charge in [0.25, 0.3) is 5.91 Å². The first-order valence-electron chi connectivity index (χ1n) is 6.15. The van der Waals surface area contributed by atoms with Crippen LogP contribution in [-0.2, 0) is 6.42 Å². The summed E-state index contributed by atoms with van der Waals surface area (Å²) in [6.45, 7) is 0.0319. The lowest BCUT2D eigenvalue weighted by molar-refractivity contribution is 0.1000. The largest absolute Gasteiger partial charge is 0.395 e. The molecule has 1 aromatic rings. The highest BCUT2D eigenvalue weighted by molar-refractivity contribution is 6.09. The number of carbonyl (C=O) groups is 1. The number of likely N-dealkylation sites (N-methyl/N-ethyl adjacent to an activating group) is 1. The van der Waals surface area contributed by atoms with Crippen molar-refractivity contribution in [1.82, 2.24) is 10.3 Å². The number of rotatable bonds is 8. The van der Waals surface area contributed by atoms with Crippen LogP contribution in [0.5, 0.6) is 0 Å². The Labute approximate surface area is 116 Å². The molecule has 0 spiro atoms. The number of amidine groups is 1. The van der Waals surface area contributed by atoms with Crippen LogP contribution < -0.4 is 16.8 Å². The highest BCUT2D eigenvalue weighted by atomic mass is 16.3. The van der Waals surface area contributed by atoms with Crippen LogP contribution >= 0.6 is 0 Å². The smallest absolute Gasteiger partial charge is 0.251 e. The first-order chi connectivity index (χ1) is 9.53. The van der Waals surface area contributed by atoms with Gasteiger partial charge in [0.05, 0.1) is 17.9 Å². The van der Waals surface area contributed by atoms with Crippen LogP contribution in [0, 0.1) is 5.41 Å². The lowest BCUT2D eigenvalue weighted by Crippen LogP contribution is -2.29. The maximum absolute atomic E-state index is 11.4. The van der Waals surface area contributed by atoms with Gasteiger partial charge in [0, 0.05) is 11.7 Å². The van der Waals surface area contributed by atoms with Crippen LogP contribution in [0.3, 0.4) is 0 Å². The van der Waals surface area contributed by atoms with Crippen molar-refractivity contribution in [2.75, 3.05) is 13.7 Å². The number of hydrogen-bond donors (Lipinski definition) is 6. The van der Waals surface area contributed by atoms with Gasteiger partial charge in [-0.15, -0.1) is 0 Å². The molecular formula is C12H20N6O2. The van der Waals surface area contributed by atoms with Gasteiger partial charge in [-0.2, -0.15) is 0 Å². The summed E-state index contributed by atoms with van der Waals surface area (Å²) in [5.74, 6) is -0.578. The molecule has 0 aliphatic heterocycles. The monoisotopic (exact) mass is 280 g/mol. The second-order valence-corrected chi connectivity index (χ2v) is 4.30. The molecular weight excluding hydrogens is 260 g/mol. The predicted octanol–water partition coefficient (Wildman–Crippen LogP) is -1.06. The van der Waals surface area contributed by atoms with E-state index in [2.05, 4.69) is 15.3 Å². The van der Waals surface area contributed by atoms with Crippen LogP contribution in [0.25, 0.3) is 0 Å². The van der Waals surface area contributed by atoms with Gasteiger partial charge in [-0.05, 0) is 26.0 Å². The van der Waals surface area contributed by atoms with E-state index < -0.39 is 5.91 Å². The molecule has 0 unspecified atom stereocenters. The number of nitrogens with zero attached hydrogens (tertiary/aromatic N) is 1. The van der Waals surface area contributed by atoms with E-state index >= 15 is 0 Å². The first kappa shape index (κ1) is 15.9. The molecule has 0 fully saturated rings. The Hall–Kier alpha value is -2.19. The molecule has 8 heteroatoms. The Morgan fingerprint density at radius 1 is 1.65 bits per heavy atom. The van der Waals surface area contributed by atoms with Crippen molar-refractivity contribution in [3.8, 4) is 0 Å².